The smallest absolute Gasteiger partial charge is 0.492 e. The number of hydrogen-bond acceptors (Lipinski definition) is 5. The van der Waals surface area contributed by atoms with Crippen molar-refractivity contribution in [2.45, 2.75) is 58.7 Å². The number of ether oxygens (including phenoxy) is 1. The minimum absolute atomic E-state index is 0.00999. The number of hydrogen-bond donors (Lipinski definition) is 2. The maximum absolute atomic E-state index is 12.9. The Kier molecular flexibility index (Phi) is 7.08. The predicted octanol–water partition coefficient (Wildman–Crippen LogP) is 6.56. The summed E-state index contributed by atoms with van der Waals surface area (Å²) >= 11 is 0. The zero-order valence-electron chi connectivity index (χ0n) is 23.5. The normalized spacial score (nSPS) is 17.6. The standard InChI is InChI=1S/C32H36BNO5/c1-20-15-22(16-21(2)29(20)35)17-23(33-38-31(3,4)32(5,6)39-33)18-34-30(36)37-19-28-26-13-9-7-11-24(26)25-12-8-10-14-27(25)28/h7-17,28,35H,18-19H2,1-6H3,(H,34,36). The summed E-state index contributed by atoms with van der Waals surface area (Å²) in [7, 11) is -0.640. The number of amides is 1. The van der Waals surface area contributed by atoms with Crippen LogP contribution in [0.4, 0.5) is 4.79 Å². The molecule has 39 heavy (non-hydrogen) atoms. The van der Waals surface area contributed by atoms with Crippen molar-refractivity contribution < 1.29 is 23.9 Å². The predicted molar refractivity (Wildman–Crippen MR) is 155 cm³/mol. The number of carbonyl (C=O) groups is 1. The van der Waals surface area contributed by atoms with Crippen LogP contribution in [0.3, 0.4) is 0 Å². The molecule has 1 aliphatic heterocycles. The Balaban J connectivity index is 1.32. The lowest BCUT2D eigenvalue weighted by molar-refractivity contribution is 0.00578. The highest BCUT2D eigenvalue weighted by molar-refractivity contribution is 6.56. The first-order valence-corrected chi connectivity index (χ1v) is 13.4. The summed E-state index contributed by atoms with van der Waals surface area (Å²) in [5.74, 6) is 0.269. The first-order chi connectivity index (χ1) is 18.5. The van der Waals surface area contributed by atoms with Gasteiger partial charge in [0.25, 0.3) is 0 Å². The number of nitrogens with one attached hydrogen (secondary N) is 1. The number of phenolic OH excluding ortho intramolecular Hbond substituents is 1. The van der Waals surface area contributed by atoms with E-state index in [1.54, 1.807) is 0 Å². The quantitative estimate of drug-likeness (QED) is 0.357. The van der Waals surface area contributed by atoms with Gasteiger partial charge in [0.1, 0.15) is 12.4 Å². The third-order valence-electron chi connectivity index (χ3n) is 8.20. The first-order valence-electron chi connectivity index (χ1n) is 13.4. The highest BCUT2D eigenvalue weighted by Crippen LogP contribution is 2.44. The van der Waals surface area contributed by atoms with Gasteiger partial charge in [-0.2, -0.15) is 0 Å². The zero-order valence-corrected chi connectivity index (χ0v) is 23.5. The lowest BCUT2D eigenvalue weighted by Crippen LogP contribution is -2.41. The maximum Gasteiger partial charge on any atom is 0.492 e. The number of rotatable bonds is 6. The van der Waals surface area contributed by atoms with E-state index in [0.717, 1.165) is 22.2 Å². The van der Waals surface area contributed by atoms with E-state index in [1.165, 1.54) is 22.3 Å². The third kappa shape index (κ3) is 5.21. The van der Waals surface area contributed by atoms with Crippen LogP contribution < -0.4 is 5.32 Å². The van der Waals surface area contributed by atoms with Crippen LogP contribution in [0.1, 0.15) is 61.4 Å². The van der Waals surface area contributed by atoms with Crippen LogP contribution in [-0.4, -0.2) is 42.7 Å². The Morgan fingerprint density at radius 1 is 0.949 bits per heavy atom. The molecule has 0 saturated carbocycles. The van der Waals surface area contributed by atoms with Gasteiger partial charge in [0.2, 0.25) is 0 Å². The molecule has 0 spiro atoms. The van der Waals surface area contributed by atoms with Gasteiger partial charge in [0, 0.05) is 12.5 Å². The highest BCUT2D eigenvalue weighted by Gasteiger charge is 2.52. The van der Waals surface area contributed by atoms with Gasteiger partial charge in [-0.1, -0.05) is 54.6 Å². The van der Waals surface area contributed by atoms with Crippen LogP contribution in [0, 0.1) is 13.8 Å². The molecule has 0 bridgehead atoms. The Morgan fingerprint density at radius 2 is 1.46 bits per heavy atom. The second-order valence-corrected chi connectivity index (χ2v) is 11.5. The fourth-order valence-electron chi connectivity index (χ4n) is 5.31. The molecule has 1 amide bonds. The number of fused-ring (bicyclic) bond motifs is 3. The van der Waals surface area contributed by atoms with Crippen LogP contribution in [-0.2, 0) is 14.0 Å². The van der Waals surface area contributed by atoms with E-state index in [-0.39, 0.29) is 24.8 Å². The first kappa shape index (κ1) is 27.0. The van der Waals surface area contributed by atoms with Crippen LogP contribution in [0.5, 0.6) is 5.75 Å². The Morgan fingerprint density at radius 3 is 2.00 bits per heavy atom. The van der Waals surface area contributed by atoms with E-state index < -0.39 is 24.4 Å². The van der Waals surface area contributed by atoms with Crippen molar-refractivity contribution >= 4 is 19.3 Å². The molecule has 0 atom stereocenters. The van der Waals surface area contributed by atoms with E-state index >= 15 is 0 Å². The van der Waals surface area contributed by atoms with Crippen LogP contribution >= 0.6 is 0 Å². The molecule has 1 heterocycles. The van der Waals surface area contributed by atoms with Gasteiger partial charge in [-0.15, -0.1) is 0 Å². The fraction of sp³-hybridized carbons (Fsp3) is 0.344. The second-order valence-electron chi connectivity index (χ2n) is 11.5. The van der Waals surface area contributed by atoms with Crippen molar-refractivity contribution in [2.75, 3.05) is 13.2 Å². The molecule has 0 aromatic heterocycles. The van der Waals surface area contributed by atoms with Gasteiger partial charge in [-0.05, 0) is 98.1 Å². The molecule has 202 valence electrons. The number of phenols is 1. The Hall–Kier alpha value is -3.55. The molecule has 2 N–H and O–H groups in total. The number of aryl methyl sites for hydroxylation is 2. The molecule has 1 aliphatic carbocycles. The van der Waals surface area contributed by atoms with Crippen molar-refractivity contribution in [3.63, 3.8) is 0 Å². The molecule has 1 saturated heterocycles. The molecule has 5 rings (SSSR count). The van der Waals surface area contributed by atoms with E-state index in [2.05, 4.69) is 29.6 Å². The molecule has 0 radical (unpaired) electrons. The largest absolute Gasteiger partial charge is 0.507 e. The fourth-order valence-corrected chi connectivity index (χ4v) is 5.31. The zero-order chi connectivity index (χ0) is 27.9. The number of benzene rings is 3. The second kappa shape index (κ2) is 10.2. The SMILES string of the molecule is Cc1cc(C=C(CNC(=O)OCC2c3ccccc3-c3ccccc32)B2OC(C)(C)C(C)(C)O2)cc(C)c1O. The minimum Gasteiger partial charge on any atom is -0.507 e. The Labute approximate surface area is 231 Å². The van der Waals surface area contributed by atoms with Gasteiger partial charge in [-0.3, -0.25) is 0 Å². The van der Waals surface area contributed by atoms with E-state index in [1.807, 2.05) is 84.0 Å². The molecular weight excluding hydrogens is 489 g/mol. The lowest BCUT2D eigenvalue weighted by atomic mass is 9.76. The number of aromatic hydroxyl groups is 1. The molecule has 0 unspecified atom stereocenters. The van der Waals surface area contributed by atoms with Gasteiger partial charge < -0.3 is 24.5 Å². The van der Waals surface area contributed by atoms with Gasteiger partial charge in [0.15, 0.2) is 0 Å². The molecule has 3 aromatic carbocycles. The molecule has 1 fully saturated rings. The van der Waals surface area contributed by atoms with Gasteiger partial charge in [0.05, 0.1) is 11.2 Å². The lowest BCUT2D eigenvalue weighted by Gasteiger charge is -2.32. The average Bonchev–Trinajstić information content (AvgIpc) is 3.32. The molecule has 6 nitrogen and oxygen atoms in total. The average molecular weight is 525 g/mol. The van der Waals surface area contributed by atoms with Crippen molar-refractivity contribution in [2.24, 2.45) is 0 Å². The summed E-state index contributed by atoms with van der Waals surface area (Å²) in [5, 5.41) is 13.1. The third-order valence-corrected chi connectivity index (χ3v) is 8.20. The van der Waals surface area contributed by atoms with Crippen molar-refractivity contribution in [3.05, 3.63) is 94.0 Å². The van der Waals surface area contributed by atoms with Crippen LogP contribution in [0.2, 0.25) is 0 Å². The summed E-state index contributed by atoms with van der Waals surface area (Å²) in [6.07, 6.45) is 1.45. The topological polar surface area (TPSA) is 77.0 Å². The summed E-state index contributed by atoms with van der Waals surface area (Å²) in [4.78, 5) is 12.9. The van der Waals surface area contributed by atoms with Crippen LogP contribution in [0.25, 0.3) is 17.2 Å². The molecule has 3 aromatic rings. The molecular formula is C32H36BNO5. The summed E-state index contributed by atoms with van der Waals surface area (Å²) < 4.78 is 18.4. The highest BCUT2D eigenvalue weighted by atomic mass is 16.7. The summed E-state index contributed by atoms with van der Waals surface area (Å²) in [6, 6.07) is 20.3. The number of carbonyl (C=O) groups excluding carboxylic acids is 1. The molecule has 2 aliphatic rings. The maximum atomic E-state index is 12.9. The van der Waals surface area contributed by atoms with E-state index in [9.17, 15) is 9.90 Å². The van der Waals surface area contributed by atoms with Crippen molar-refractivity contribution in [1.82, 2.24) is 5.32 Å². The van der Waals surface area contributed by atoms with Crippen molar-refractivity contribution in [1.29, 1.82) is 0 Å². The van der Waals surface area contributed by atoms with E-state index in [0.29, 0.717) is 0 Å². The monoisotopic (exact) mass is 525 g/mol. The summed E-state index contributed by atoms with van der Waals surface area (Å²) in [5.41, 5.74) is 6.86. The van der Waals surface area contributed by atoms with Crippen LogP contribution in [0.15, 0.2) is 66.1 Å². The van der Waals surface area contributed by atoms with E-state index in [4.69, 9.17) is 14.0 Å². The summed E-state index contributed by atoms with van der Waals surface area (Å²) in [6.45, 7) is 12.2. The Bertz CT molecular complexity index is 1360. The molecule has 7 heteroatoms. The minimum atomic E-state index is -0.640. The van der Waals surface area contributed by atoms with Crippen molar-refractivity contribution in [3.8, 4) is 16.9 Å². The number of alkyl carbamates (subject to hydrolysis) is 1. The van der Waals surface area contributed by atoms with Gasteiger partial charge in [-0.25, -0.2) is 4.79 Å². The van der Waals surface area contributed by atoms with Gasteiger partial charge >= 0.3 is 13.2 Å².